The summed E-state index contributed by atoms with van der Waals surface area (Å²) in [6.07, 6.45) is 1.05. The molecule has 1 N–H and O–H groups in total. The molecule has 0 aliphatic rings. The van der Waals surface area contributed by atoms with Crippen LogP contribution in [0.3, 0.4) is 0 Å². The van der Waals surface area contributed by atoms with Crippen LogP contribution in [0.15, 0.2) is 5.38 Å². The lowest BCUT2D eigenvalue weighted by Gasteiger charge is -2.15. The van der Waals surface area contributed by atoms with Crippen LogP contribution in [0.2, 0.25) is 0 Å². The van der Waals surface area contributed by atoms with Gasteiger partial charge in [-0.05, 0) is 19.2 Å². The third kappa shape index (κ3) is 5.00. The van der Waals surface area contributed by atoms with Crippen molar-refractivity contribution in [3.05, 3.63) is 16.1 Å². The van der Waals surface area contributed by atoms with Crippen molar-refractivity contribution in [1.82, 2.24) is 10.3 Å². The second kappa shape index (κ2) is 6.51. The van der Waals surface area contributed by atoms with Gasteiger partial charge < -0.3 is 5.32 Å². The highest BCUT2D eigenvalue weighted by atomic mass is 32.2. The summed E-state index contributed by atoms with van der Waals surface area (Å²) >= 11 is 3.77. The number of aryl methyl sites for hydroxylation is 1. The molecule has 0 bridgehead atoms. The van der Waals surface area contributed by atoms with Crippen molar-refractivity contribution in [2.45, 2.75) is 38.5 Å². The van der Waals surface area contributed by atoms with E-state index in [0.29, 0.717) is 11.3 Å². The van der Waals surface area contributed by atoms with Crippen molar-refractivity contribution in [3.63, 3.8) is 0 Å². The largest absolute Gasteiger partial charge is 0.316 e. The van der Waals surface area contributed by atoms with E-state index < -0.39 is 0 Å². The van der Waals surface area contributed by atoms with Gasteiger partial charge in [0.05, 0.1) is 5.01 Å². The Hall–Kier alpha value is -0.0600. The number of likely N-dealkylation sites (N-methyl/N-ethyl adjacent to an activating group) is 1. The fraction of sp³-hybridized carbons (Fsp3) is 0.727. The molecule has 86 valence electrons. The van der Waals surface area contributed by atoms with Gasteiger partial charge in [0, 0.05) is 29.3 Å². The van der Waals surface area contributed by atoms with Crippen molar-refractivity contribution in [1.29, 1.82) is 0 Å². The monoisotopic (exact) mass is 244 g/mol. The van der Waals surface area contributed by atoms with Gasteiger partial charge >= 0.3 is 0 Å². The fourth-order valence-corrected chi connectivity index (χ4v) is 3.02. The van der Waals surface area contributed by atoms with Crippen LogP contribution in [0.5, 0.6) is 0 Å². The molecule has 1 rings (SSSR count). The second-order valence-electron chi connectivity index (χ2n) is 3.95. The zero-order valence-corrected chi connectivity index (χ0v) is 11.5. The summed E-state index contributed by atoms with van der Waals surface area (Å²) in [5, 5.41) is 7.44. The molecule has 1 unspecified atom stereocenters. The predicted octanol–water partition coefficient (Wildman–Crippen LogP) is 2.72. The smallest absolute Gasteiger partial charge is 0.0943 e. The molecule has 0 fully saturated rings. The first kappa shape index (κ1) is 13.0. The summed E-state index contributed by atoms with van der Waals surface area (Å²) in [7, 11) is 2.03. The summed E-state index contributed by atoms with van der Waals surface area (Å²) in [6, 6.07) is 0.544. The normalized spacial score (nSPS) is 13.4. The van der Waals surface area contributed by atoms with Crippen LogP contribution in [0.1, 0.15) is 24.5 Å². The molecule has 1 atom stereocenters. The Kier molecular flexibility index (Phi) is 5.64. The summed E-state index contributed by atoms with van der Waals surface area (Å²) in [5.41, 5.74) is 1.14. The molecule has 1 heterocycles. The van der Waals surface area contributed by atoms with E-state index in [4.69, 9.17) is 0 Å². The third-order valence-electron chi connectivity index (χ3n) is 2.13. The van der Waals surface area contributed by atoms with Crippen molar-refractivity contribution in [3.8, 4) is 0 Å². The molecule has 4 heteroatoms. The summed E-state index contributed by atoms with van der Waals surface area (Å²) < 4.78 is 0. The van der Waals surface area contributed by atoms with Gasteiger partial charge in [0.15, 0.2) is 0 Å². The van der Waals surface area contributed by atoms with E-state index in [1.165, 1.54) is 5.01 Å². The molecule has 0 saturated carbocycles. The molecule has 0 spiro atoms. The topological polar surface area (TPSA) is 24.9 Å². The minimum absolute atomic E-state index is 0.544. The van der Waals surface area contributed by atoms with Crippen molar-refractivity contribution in [2.75, 3.05) is 12.8 Å². The quantitative estimate of drug-likeness (QED) is 0.833. The number of nitrogens with zero attached hydrogens (tertiary/aromatic N) is 1. The fourth-order valence-electron chi connectivity index (χ4n) is 1.26. The number of hydrogen-bond donors (Lipinski definition) is 1. The number of thioether (sulfide) groups is 1. The Morgan fingerprint density at radius 3 is 2.73 bits per heavy atom. The molecule has 0 aromatic carbocycles. The van der Waals surface area contributed by atoms with Gasteiger partial charge in [0.1, 0.15) is 0 Å². The van der Waals surface area contributed by atoms with Crippen molar-refractivity contribution < 1.29 is 0 Å². The molecule has 0 aliphatic heterocycles. The Morgan fingerprint density at radius 1 is 1.53 bits per heavy atom. The summed E-state index contributed by atoms with van der Waals surface area (Å²) in [4.78, 5) is 4.49. The highest BCUT2D eigenvalue weighted by Gasteiger charge is 2.10. The van der Waals surface area contributed by atoms with E-state index in [1.54, 1.807) is 11.3 Å². The van der Waals surface area contributed by atoms with Gasteiger partial charge in [-0.2, -0.15) is 11.8 Å². The summed E-state index contributed by atoms with van der Waals surface area (Å²) in [5.74, 6) is 1.16. The van der Waals surface area contributed by atoms with Crippen LogP contribution in [-0.4, -0.2) is 29.1 Å². The van der Waals surface area contributed by atoms with Gasteiger partial charge in [0.25, 0.3) is 0 Å². The van der Waals surface area contributed by atoms with Gasteiger partial charge in [-0.15, -0.1) is 11.3 Å². The molecule has 2 nitrogen and oxygen atoms in total. The Morgan fingerprint density at radius 2 is 2.27 bits per heavy atom. The van der Waals surface area contributed by atoms with E-state index in [9.17, 15) is 0 Å². The van der Waals surface area contributed by atoms with Gasteiger partial charge in [-0.25, -0.2) is 4.98 Å². The highest BCUT2D eigenvalue weighted by molar-refractivity contribution is 7.99. The second-order valence-corrected chi connectivity index (χ2v) is 6.51. The average molecular weight is 244 g/mol. The van der Waals surface area contributed by atoms with E-state index in [-0.39, 0.29) is 0 Å². The van der Waals surface area contributed by atoms with Gasteiger partial charge in [-0.3, -0.25) is 0 Å². The highest BCUT2D eigenvalue weighted by Crippen LogP contribution is 2.15. The van der Waals surface area contributed by atoms with E-state index in [2.05, 4.69) is 36.5 Å². The standard InChI is InChI=1S/C11H20N2S2/c1-8(2)14-7-10(12-4)5-11-13-9(3)6-15-11/h6,8,10,12H,5,7H2,1-4H3. The maximum Gasteiger partial charge on any atom is 0.0943 e. The molecule has 0 saturated heterocycles. The molecule has 1 aromatic rings. The summed E-state index contributed by atoms with van der Waals surface area (Å²) in [6.45, 7) is 6.53. The maximum atomic E-state index is 4.49. The van der Waals surface area contributed by atoms with Crippen LogP contribution < -0.4 is 5.32 Å². The average Bonchev–Trinajstić information content (AvgIpc) is 2.58. The van der Waals surface area contributed by atoms with Crippen molar-refractivity contribution in [2.24, 2.45) is 0 Å². The van der Waals surface area contributed by atoms with E-state index in [0.717, 1.165) is 17.9 Å². The first-order valence-corrected chi connectivity index (χ1v) is 7.24. The zero-order chi connectivity index (χ0) is 11.3. The lowest BCUT2D eigenvalue weighted by molar-refractivity contribution is 0.614. The lowest BCUT2D eigenvalue weighted by Crippen LogP contribution is -2.30. The molecule has 0 radical (unpaired) electrons. The van der Waals surface area contributed by atoms with E-state index >= 15 is 0 Å². The first-order valence-electron chi connectivity index (χ1n) is 5.31. The Labute approximate surface area is 101 Å². The molecule has 0 amide bonds. The van der Waals surface area contributed by atoms with Gasteiger partial charge in [-0.1, -0.05) is 13.8 Å². The van der Waals surface area contributed by atoms with Crippen LogP contribution in [0, 0.1) is 6.92 Å². The first-order chi connectivity index (χ1) is 7.11. The van der Waals surface area contributed by atoms with Crippen molar-refractivity contribution >= 4 is 23.1 Å². The predicted molar refractivity (Wildman–Crippen MR) is 71.0 cm³/mol. The van der Waals surface area contributed by atoms with Crippen LogP contribution in [0.4, 0.5) is 0 Å². The molecule has 0 aliphatic carbocycles. The number of rotatable bonds is 6. The number of aromatic nitrogens is 1. The molecule has 1 aromatic heterocycles. The molecular formula is C11H20N2S2. The van der Waals surface area contributed by atoms with Crippen LogP contribution in [0.25, 0.3) is 0 Å². The minimum Gasteiger partial charge on any atom is -0.316 e. The SMILES string of the molecule is CNC(CSC(C)C)Cc1nc(C)cs1. The van der Waals surface area contributed by atoms with Gasteiger partial charge in [0.2, 0.25) is 0 Å². The number of nitrogens with one attached hydrogen (secondary N) is 1. The maximum absolute atomic E-state index is 4.49. The zero-order valence-electron chi connectivity index (χ0n) is 9.91. The Bertz CT molecular complexity index is 284. The number of hydrogen-bond acceptors (Lipinski definition) is 4. The minimum atomic E-state index is 0.544. The number of thiazole rings is 1. The van der Waals surface area contributed by atoms with Crippen LogP contribution in [-0.2, 0) is 6.42 Å². The van der Waals surface area contributed by atoms with Crippen LogP contribution >= 0.6 is 23.1 Å². The molecular weight excluding hydrogens is 224 g/mol. The molecule has 15 heavy (non-hydrogen) atoms. The third-order valence-corrected chi connectivity index (χ3v) is 4.38. The lowest BCUT2D eigenvalue weighted by atomic mass is 10.2. The van der Waals surface area contributed by atoms with E-state index in [1.807, 2.05) is 18.8 Å². The Balaban J connectivity index is 2.39.